The fraction of sp³-hybridized carbons (Fsp3) is 0.0909. The highest BCUT2D eigenvalue weighted by Gasteiger charge is 2.18. The van der Waals surface area contributed by atoms with E-state index in [0.29, 0.717) is 5.02 Å². The lowest BCUT2D eigenvalue weighted by Gasteiger charge is -2.18. The molecule has 3 aromatic rings. The monoisotopic (exact) mass is 411 g/mol. The largest absolute Gasteiger partial charge is 0.452 e. The summed E-state index contributed by atoms with van der Waals surface area (Å²) in [6, 6.07) is 20.3. The first-order chi connectivity index (χ1) is 13.6. The summed E-state index contributed by atoms with van der Waals surface area (Å²) in [6.45, 7) is -0.349. The zero-order valence-electron chi connectivity index (χ0n) is 14.9. The number of esters is 1. The number of nitrogens with one attached hydrogen (secondary N) is 1. The number of carbonyl (C=O) groups is 2. The molecule has 3 rings (SSSR count). The van der Waals surface area contributed by atoms with Crippen molar-refractivity contribution in [1.82, 2.24) is 5.32 Å². The van der Waals surface area contributed by atoms with Gasteiger partial charge < -0.3 is 10.1 Å². The summed E-state index contributed by atoms with van der Waals surface area (Å²) in [6.07, 6.45) is 2.89. The number of carbonyl (C=O) groups excluding carboxylic acids is 2. The van der Waals surface area contributed by atoms with E-state index in [0.717, 1.165) is 16.0 Å². The number of thiophene rings is 1. The molecule has 0 bridgehead atoms. The Labute approximate surface area is 172 Å². The molecule has 1 N–H and O–H groups in total. The first-order valence-electron chi connectivity index (χ1n) is 8.60. The lowest BCUT2D eigenvalue weighted by atomic mass is 10.1. The zero-order valence-corrected chi connectivity index (χ0v) is 16.5. The van der Waals surface area contributed by atoms with Gasteiger partial charge in [-0.2, -0.15) is 0 Å². The third-order valence-corrected chi connectivity index (χ3v) is 5.08. The molecule has 1 atom stereocenters. The normalized spacial score (nSPS) is 11.9. The standard InChI is InChI=1S/C22H18ClNO3S/c23-18-11-8-16(9-12-18)10-13-21(26)27-15-20(25)24-22(19-7-4-14-28-19)17-5-2-1-3-6-17/h1-14,22H,15H2,(H,24,25)/b13-10+/t22-/m1/s1. The van der Waals surface area contributed by atoms with E-state index in [1.165, 1.54) is 6.08 Å². The summed E-state index contributed by atoms with van der Waals surface area (Å²) < 4.78 is 5.04. The van der Waals surface area contributed by atoms with Gasteiger partial charge in [0.15, 0.2) is 6.61 Å². The Morgan fingerprint density at radius 2 is 1.79 bits per heavy atom. The minimum Gasteiger partial charge on any atom is -0.452 e. The lowest BCUT2D eigenvalue weighted by Crippen LogP contribution is -2.32. The SMILES string of the molecule is O=C(COC(=O)/C=C/c1ccc(Cl)cc1)N[C@H](c1ccccc1)c1cccs1. The topological polar surface area (TPSA) is 55.4 Å². The van der Waals surface area contributed by atoms with E-state index >= 15 is 0 Å². The fourth-order valence-electron chi connectivity index (χ4n) is 2.55. The van der Waals surface area contributed by atoms with Crippen LogP contribution in [0.5, 0.6) is 0 Å². The van der Waals surface area contributed by atoms with Crippen LogP contribution in [0.15, 0.2) is 78.2 Å². The van der Waals surface area contributed by atoms with Crippen LogP contribution >= 0.6 is 22.9 Å². The van der Waals surface area contributed by atoms with Crippen molar-refractivity contribution in [3.63, 3.8) is 0 Å². The highest BCUT2D eigenvalue weighted by Crippen LogP contribution is 2.25. The van der Waals surface area contributed by atoms with E-state index in [-0.39, 0.29) is 18.6 Å². The van der Waals surface area contributed by atoms with Crippen molar-refractivity contribution in [3.8, 4) is 0 Å². The molecule has 0 aliphatic carbocycles. The third kappa shape index (κ3) is 5.81. The van der Waals surface area contributed by atoms with Gasteiger partial charge in [-0.05, 0) is 40.8 Å². The van der Waals surface area contributed by atoms with Crippen molar-refractivity contribution < 1.29 is 14.3 Å². The van der Waals surface area contributed by atoms with Crippen LogP contribution in [-0.4, -0.2) is 18.5 Å². The maximum atomic E-state index is 12.3. The van der Waals surface area contributed by atoms with E-state index < -0.39 is 5.97 Å². The molecule has 1 heterocycles. The van der Waals surface area contributed by atoms with Crippen molar-refractivity contribution in [2.75, 3.05) is 6.61 Å². The maximum Gasteiger partial charge on any atom is 0.331 e. The smallest absolute Gasteiger partial charge is 0.331 e. The van der Waals surface area contributed by atoms with Crippen LogP contribution < -0.4 is 5.32 Å². The predicted octanol–water partition coefficient (Wildman–Crippen LogP) is 4.86. The molecule has 6 heteroatoms. The van der Waals surface area contributed by atoms with Gasteiger partial charge in [0.05, 0.1) is 6.04 Å². The quantitative estimate of drug-likeness (QED) is 0.446. The third-order valence-electron chi connectivity index (χ3n) is 3.89. The first kappa shape index (κ1) is 19.9. The van der Waals surface area contributed by atoms with Crippen LogP contribution in [0.25, 0.3) is 6.08 Å². The zero-order chi connectivity index (χ0) is 19.8. The number of amides is 1. The summed E-state index contributed by atoms with van der Waals surface area (Å²) in [5.74, 6) is -0.951. The summed E-state index contributed by atoms with van der Waals surface area (Å²) in [7, 11) is 0. The summed E-state index contributed by atoms with van der Waals surface area (Å²) in [5, 5.41) is 5.50. The van der Waals surface area contributed by atoms with E-state index in [1.807, 2.05) is 47.8 Å². The Hall–Kier alpha value is -2.89. The van der Waals surface area contributed by atoms with Gasteiger partial charge in [0.1, 0.15) is 0 Å². The lowest BCUT2D eigenvalue weighted by molar-refractivity contribution is -0.143. The van der Waals surface area contributed by atoms with E-state index in [9.17, 15) is 9.59 Å². The van der Waals surface area contributed by atoms with Gasteiger partial charge in [-0.25, -0.2) is 4.79 Å². The summed E-state index contributed by atoms with van der Waals surface area (Å²) in [5.41, 5.74) is 1.78. The molecule has 28 heavy (non-hydrogen) atoms. The molecule has 0 spiro atoms. The van der Waals surface area contributed by atoms with Gasteiger partial charge in [0.25, 0.3) is 5.91 Å². The number of ether oxygens (including phenoxy) is 1. The number of halogens is 1. The summed E-state index contributed by atoms with van der Waals surface area (Å²) in [4.78, 5) is 25.2. The van der Waals surface area contributed by atoms with Crippen molar-refractivity contribution in [1.29, 1.82) is 0 Å². The average Bonchev–Trinajstić information content (AvgIpc) is 3.25. The maximum absolute atomic E-state index is 12.3. The van der Waals surface area contributed by atoms with Crippen LogP contribution in [-0.2, 0) is 14.3 Å². The average molecular weight is 412 g/mol. The molecule has 0 aliphatic rings. The molecule has 0 fully saturated rings. The molecule has 1 aromatic heterocycles. The number of rotatable bonds is 7. The fourth-order valence-corrected chi connectivity index (χ4v) is 3.47. The molecule has 0 radical (unpaired) electrons. The Bertz CT molecular complexity index is 938. The molecule has 142 valence electrons. The molecule has 0 unspecified atom stereocenters. The van der Waals surface area contributed by atoms with Crippen LogP contribution in [0.3, 0.4) is 0 Å². The Morgan fingerprint density at radius 3 is 2.46 bits per heavy atom. The number of benzene rings is 2. The second-order valence-corrected chi connectivity index (χ2v) is 7.33. The molecular formula is C22H18ClNO3S. The van der Waals surface area contributed by atoms with Crippen LogP contribution in [0.2, 0.25) is 5.02 Å². The Morgan fingerprint density at radius 1 is 1.04 bits per heavy atom. The van der Waals surface area contributed by atoms with Crippen LogP contribution in [0, 0.1) is 0 Å². The molecule has 4 nitrogen and oxygen atoms in total. The summed E-state index contributed by atoms with van der Waals surface area (Å²) >= 11 is 7.38. The van der Waals surface area contributed by atoms with Gasteiger partial charge in [0, 0.05) is 16.0 Å². The number of hydrogen-bond acceptors (Lipinski definition) is 4. The Balaban J connectivity index is 1.56. The van der Waals surface area contributed by atoms with Crippen molar-refractivity contribution in [2.45, 2.75) is 6.04 Å². The van der Waals surface area contributed by atoms with Crippen molar-refractivity contribution in [3.05, 3.63) is 99.2 Å². The van der Waals surface area contributed by atoms with E-state index in [1.54, 1.807) is 41.7 Å². The van der Waals surface area contributed by atoms with Gasteiger partial charge in [-0.1, -0.05) is 60.1 Å². The molecule has 2 aromatic carbocycles. The molecule has 0 saturated heterocycles. The van der Waals surface area contributed by atoms with Gasteiger partial charge >= 0.3 is 5.97 Å². The van der Waals surface area contributed by atoms with Gasteiger partial charge in [0.2, 0.25) is 0 Å². The van der Waals surface area contributed by atoms with E-state index in [2.05, 4.69) is 5.32 Å². The second-order valence-electron chi connectivity index (χ2n) is 5.92. The van der Waals surface area contributed by atoms with Gasteiger partial charge in [-0.15, -0.1) is 11.3 Å². The molecule has 1 amide bonds. The molecule has 0 saturated carbocycles. The van der Waals surface area contributed by atoms with Crippen LogP contribution in [0.1, 0.15) is 22.0 Å². The number of hydrogen-bond donors (Lipinski definition) is 1. The van der Waals surface area contributed by atoms with E-state index in [4.69, 9.17) is 16.3 Å². The highest BCUT2D eigenvalue weighted by atomic mass is 35.5. The highest BCUT2D eigenvalue weighted by molar-refractivity contribution is 7.10. The predicted molar refractivity (Wildman–Crippen MR) is 112 cm³/mol. The van der Waals surface area contributed by atoms with Gasteiger partial charge in [-0.3, -0.25) is 4.79 Å². The van der Waals surface area contributed by atoms with Crippen LogP contribution in [0.4, 0.5) is 0 Å². The first-order valence-corrected chi connectivity index (χ1v) is 9.86. The second kappa shape index (κ2) is 9.88. The minimum atomic E-state index is -0.586. The van der Waals surface area contributed by atoms with Crippen molar-refractivity contribution >= 4 is 40.9 Å². The molecular weight excluding hydrogens is 394 g/mol. The minimum absolute atomic E-state index is 0.281. The Kier molecular flexibility index (Phi) is 7.00. The van der Waals surface area contributed by atoms with Crippen molar-refractivity contribution in [2.24, 2.45) is 0 Å². The molecule has 0 aliphatic heterocycles.